The van der Waals surface area contributed by atoms with E-state index in [1.807, 2.05) is 113 Å². The molecule has 6 aromatic rings. The molecule has 202 valence electrons. The summed E-state index contributed by atoms with van der Waals surface area (Å²) in [5.74, 6) is 0.587. The number of hydrogen-bond acceptors (Lipinski definition) is 4. The Bertz CT molecular complexity index is 1910. The Morgan fingerprint density at radius 2 is 0.878 bits per heavy atom. The Labute approximate surface area is 239 Å². The van der Waals surface area contributed by atoms with Gasteiger partial charge in [-0.05, 0) is 94.8 Å². The molecule has 0 fully saturated rings. The van der Waals surface area contributed by atoms with Gasteiger partial charge in [-0.2, -0.15) is 0 Å². The molecule has 41 heavy (non-hydrogen) atoms. The minimum Gasteiger partial charge on any atom is -0.736 e. The summed E-state index contributed by atoms with van der Waals surface area (Å²) in [7, 11) is -4.86. The molecule has 1 heterocycles. The van der Waals surface area contributed by atoms with Crippen LogP contribution in [0.25, 0.3) is 54.9 Å². The van der Waals surface area contributed by atoms with Gasteiger partial charge in [-0.3, -0.25) is 0 Å². The van der Waals surface area contributed by atoms with Gasteiger partial charge in [-0.15, -0.1) is 0 Å². The molecule has 5 heteroatoms. The smallest absolute Gasteiger partial charge is 0.372 e. The normalized spacial score (nSPS) is 13.7. The SMILES string of the molecule is Cc1cccc(C)c1-c1cc2ccccc2c2c1OP(=O)([O-])Oc1c(-c3c(C)cccc3C)cc3ccccc3c1-2. The van der Waals surface area contributed by atoms with Crippen LogP contribution in [0.4, 0.5) is 0 Å². The molecule has 0 aliphatic carbocycles. The maximum absolute atomic E-state index is 13.8. The van der Waals surface area contributed by atoms with Crippen LogP contribution in [0.5, 0.6) is 11.5 Å². The second-order valence-corrected chi connectivity index (χ2v) is 12.1. The Kier molecular flexibility index (Phi) is 5.83. The van der Waals surface area contributed by atoms with Crippen molar-refractivity contribution in [3.63, 3.8) is 0 Å². The number of phosphoric ester groups is 1. The lowest BCUT2D eigenvalue weighted by atomic mass is 9.84. The molecule has 0 spiro atoms. The molecule has 0 saturated heterocycles. The molecule has 0 radical (unpaired) electrons. The topological polar surface area (TPSA) is 58.6 Å². The maximum atomic E-state index is 13.8. The zero-order valence-electron chi connectivity index (χ0n) is 23.3. The third-order valence-electron chi connectivity index (χ3n) is 8.16. The summed E-state index contributed by atoms with van der Waals surface area (Å²) in [5, 5.41) is 3.77. The van der Waals surface area contributed by atoms with Crippen molar-refractivity contribution in [3.05, 3.63) is 119 Å². The van der Waals surface area contributed by atoms with Crippen molar-refractivity contribution < 1.29 is 18.5 Å². The van der Waals surface area contributed by atoms with Crippen molar-refractivity contribution >= 4 is 29.4 Å². The van der Waals surface area contributed by atoms with Gasteiger partial charge in [0.2, 0.25) is 0 Å². The quantitative estimate of drug-likeness (QED) is 0.200. The van der Waals surface area contributed by atoms with E-state index in [0.29, 0.717) is 22.6 Å². The lowest BCUT2D eigenvalue weighted by molar-refractivity contribution is -0.208. The molecule has 6 aromatic carbocycles. The van der Waals surface area contributed by atoms with Crippen LogP contribution < -0.4 is 13.9 Å². The molecule has 0 bridgehead atoms. The van der Waals surface area contributed by atoms with Gasteiger partial charge in [0.05, 0.1) is 0 Å². The minimum atomic E-state index is -4.86. The molecule has 0 amide bonds. The van der Waals surface area contributed by atoms with E-state index >= 15 is 0 Å². The van der Waals surface area contributed by atoms with Crippen molar-refractivity contribution in [1.29, 1.82) is 0 Å². The van der Waals surface area contributed by atoms with Crippen LogP contribution in [0, 0.1) is 27.7 Å². The molecule has 1 aliphatic heterocycles. The number of rotatable bonds is 2. The highest BCUT2D eigenvalue weighted by atomic mass is 31.2. The summed E-state index contributed by atoms with van der Waals surface area (Å²) in [6.07, 6.45) is 0. The first-order valence-electron chi connectivity index (χ1n) is 13.7. The van der Waals surface area contributed by atoms with Gasteiger partial charge in [-0.1, -0.05) is 84.9 Å². The van der Waals surface area contributed by atoms with E-state index in [4.69, 9.17) is 9.05 Å². The summed E-state index contributed by atoms with van der Waals surface area (Å²) in [6, 6.07) is 32.4. The number of aryl methyl sites for hydroxylation is 4. The highest BCUT2D eigenvalue weighted by Gasteiger charge is 2.33. The Morgan fingerprint density at radius 1 is 0.512 bits per heavy atom. The Hall–Kier alpha value is -4.37. The van der Waals surface area contributed by atoms with Gasteiger partial charge in [0.25, 0.3) is 0 Å². The van der Waals surface area contributed by atoms with Crippen molar-refractivity contribution in [1.82, 2.24) is 0 Å². The van der Waals surface area contributed by atoms with Crippen LogP contribution in [0.15, 0.2) is 97.1 Å². The molecule has 0 atom stereocenters. The highest BCUT2D eigenvalue weighted by Crippen LogP contribution is 2.60. The first-order valence-corrected chi connectivity index (χ1v) is 15.1. The number of fused-ring (bicyclic) bond motifs is 7. The second kappa shape index (κ2) is 9.34. The summed E-state index contributed by atoms with van der Waals surface area (Å²) in [6.45, 7) is 8.15. The number of phosphoric acid groups is 1. The molecule has 0 saturated carbocycles. The molecule has 4 nitrogen and oxygen atoms in total. The van der Waals surface area contributed by atoms with Crippen molar-refractivity contribution in [3.8, 4) is 44.9 Å². The first-order chi connectivity index (χ1) is 19.7. The van der Waals surface area contributed by atoms with E-state index < -0.39 is 7.82 Å². The average Bonchev–Trinajstić information content (AvgIpc) is 3.06. The fourth-order valence-electron chi connectivity index (χ4n) is 6.44. The lowest BCUT2D eigenvalue weighted by Gasteiger charge is -2.25. The Morgan fingerprint density at radius 3 is 1.27 bits per heavy atom. The van der Waals surface area contributed by atoms with Gasteiger partial charge in [0.1, 0.15) is 11.5 Å². The van der Waals surface area contributed by atoms with E-state index in [1.54, 1.807) is 0 Å². The fourth-order valence-corrected chi connectivity index (χ4v) is 7.30. The van der Waals surface area contributed by atoms with Crippen LogP contribution in [-0.2, 0) is 4.57 Å². The zero-order chi connectivity index (χ0) is 28.5. The highest BCUT2D eigenvalue weighted by molar-refractivity contribution is 7.46. The molecular formula is C36H28O4P-. The Balaban J connectivity index is 1.74. The van der Waals surface area contributed by atoms with Gasteiger partial charge in [0, 0.05) is 22.3 Å². The summed E-state index contributed by atoms with van der Waals surface area (Å²) in [4.78, 5) is 13.8. The van der Waals surface area contributed by atoms with Crippen LogP contribution in [0.1, 0.15) is 22.3 Å². The van der Waals surface area contributed by atoms with Crippen molar-refractivity contribution in [2.24, 2.45) is 0 Å². The van der Waals surface area contributed by atoms with Crippen LogP contribution in [-0.4, -0.2) is 0 Å². The van der Waals surface area contributed by atoms with E-state index in [2.05, 4.69) is 12.1 Å². The van der Waals surface area contributed by atoms with E-state index in [9.17, 15) is 9.46 Å². The second-order valence-electron chi connectivity index (χ2n) is 10.9. The standard InChI is InChI=1S/C36H29O4P/c1-21-11-9-12-22(2)31(21)29-19-25-15-5-7-17-27(25)33-34-28-18-8-6-16-26(28)20-30(32-23(3)13-10-14-24(32)4)36(34)40-41(37,38)39-35(29)33/h5-20H,1-4H3,(H,37,38)/p-1. The monoisotopic (exact) mass is 555 g/mol. The number of benzene rings is 6. The van der Waals surface area contributed by atoms with E-state index in [1.165, 1.54) is 0 Å². The summed E-state index contributed by atoms with van der Waals surface area (Å²) >= 11 is 0. The minimum absolute atomic E-state index is 0.294. The van der Waals surface area contributed by atoms with Gasteiger partial charge in [-0.25, -0.2) is 4.57 Å². The molecule has 7 rings (SSSR count). The van der Waals surface area contributed by atoms with Gasteiger partial charge >= 0.3 is 7.82 Å². The van der Waals surface area contributed by atoms with Crippen molar-refractivity contribution in [2.45, 2.75) is 27.7 Å². The fraction of sp³-hybridized carbons (Fsp3) is 0.111. The molecule has 0 aromatic heterocycles. The molecular weight excluding hydrogens is 527 g/mol. The first kappa shape index (κ1) is 25.6. The predicted octanol–water partition coefficient (Wildman–Crippen LogP) is 9.47. The van der Waals surface area contributed by atoms with E-state index in [0.717, 1.165) is 66.1 Å². The summed E-state index contributed by atoms with van der Waals surface area (Å²) in [5.41, 5.74) is 8.92. The predicted molar refractivity (Wildman–Crippen MR) is 166 cm³/mol. The molecule has 0 N–H and O–H groups in total. The largest absolute Gasteiger partial charge is 0.736 e. The average molecular weight is 556 g/mol. The van der Waals surface area contributed by atoms with E-state index in [-0.39, 0.29) is 0 Å². The maximum Gasteiger partial charge on any atom is 0.372 e. The van der Waals surface area contributed by atoms with Gasteiger partial charge in [0.15, 0.2) is 0 Å². The molecule has 1 aliphatic rings. The van der Waals surface area contributed by atoms with Crippen LogP contribution >= 0.6 is 7.82 Å². The number of hydrogen-bond donors (Lipinski definition) is 0. The third kappa shape index (κ3) is 4.06. The van der Waals surface area contributed by atoms with Gasteiger partial charge < -0.3 is 13.9 Å². The lowest BCUT2D eigenvalue weighted by Crippen LogP contribution is -2.13. The zero-order valence-corrected chi connectivity index (χ0v) is 24.2. The third-order valence-corrected chi connectivity index (χ3v) is 8.97. The molecule has 0 unspecified atom stereocenters. The van der Waals surface area contributed by atoms with Crippen LogP contribution in [0.3, 0.4) is 0 Å². The van der Waals surface area contributed by atoms with Crippen LogP contribution in [0.2, 0.25) is 0 Å². The summed E-state index contributed by atoms with van der Waals surface area (Å²) < 4.78 is 25.8. The van der Waals surface area contributed by atoms with Crippen molar-refractivity contribution in [2.75, 3.05) is 0 Å².